The maximum Gasteiger partial charge on any atom is 0.165 e. The van der Waals surface area contributed by atoms with Crippen molar-refractivity contribution in [1.29, 1.82) is 0 Å². The number of ether oxygens (including phenoxy) is 1. The molecule has 0 aliphatic carbocycles. The molecule has 6 unspecified atom stereocenters. The Morgan fingerprint density at radius 2 is 0.873 bits per heavy atom. The zero-order chi connectivity index (χ0) is 45.3. The summed E-state index contributed by atoms with van der Waals surface area (Å²) >= 11 is 0. The third-order valence-corrected chi connectivity index (χ3v) is 15.0. The van der Waals surface area contributed by atoms with Crippen molar-refractivity contribution in [3.8, 4) is 22.3 Å². The standard InChI is InChI=1S/C54H74N8O/c1-17-19-43-25-45-37(11)55-51-49(47-31(5)21-29(3)22-32(47)6)39(13)57-61(51)53(45)59(43)41(15)35(9)27-63-28-36(10)42(16)60-44(20-18-2)26-46-38(12)56-52-50(40(14)58-62(52)54(46)60)48-33(7)23-30(4)24-34(48)8/h21-24,35-36,41-44H,17-20,25-28H2,1-16H3. The summed E-state index contributed by atoms with van der Waals surface area (Å²) in [6.45, 7) is 37.5. The summed E-state index contributed by atoms with van der Waals surface area (Å²) in [4.78, 5) is 16.0. The maximum atomic E-state index is 6.82. The fourth-order valence-corrected chi connectivity index (χ4v) is 11.8. The molecule has 0 saturated carbocycles. The van der Waals surface area contributed by atoms with Crippen LogP contribution in [0.4, 0.5) is 11.6 Å². The van der Waals surface area contributed by atoms with Crippen molar-refractivity contribution in [1.82, 2.24) is 29.2 Å². The summed E-state index contributed by atoms with van der Waals surface area (Å²) in [5.41, 5.74) is 21.5. The summed E-state index contributed by atoms with van der Waals surface area (Å²) < 4.78 is 11.2. The third kappa shape index (κ3) is 7.64. The van der Waals surface area contributed by atoms with E-state index in [4.69, 9.17) is 24.9 Å². The van der Waals surface area contributed by atoms with Crippen LogP contribution in [0, 0.1) is 81.1 Å². The SMILES string of the molecule is CCCC1Cc2c(C)nc3c(-c4c(C)cc(C)cc4C)c(C)nn3c2N1C(C)C(C)COCC(C)C(C)N1c2c(c(C)nc3c(-c4c(C)cc(C)cc4C)c(C)nn23)CC1CCC. The van der Waals surface area contributed by atoms with Crippen molar-refractivity contribution >= 4 is 22.9 Å². The van der Waals surface area contributed by atoms with Gasteiger partial charge in [0.15, 0.2) is 11.3 Å². The second-order valence-corrected chi connectivity index (χ2v) is 20.0. The fraction of sp³-hybridized carbons (Fsp3) is 0.556. The highest BCUT2D eigenvalue weighted by molar-refractivity contribution is 5.87. The van der Waals surface area contributed by atoms with Crippen LogP contribution < -0.4 is 9.80 Å². The van der Waals surface area contributed by atoms with Crippen molar-refractivity contribution in [3.63, 3.8) is 0 Å². The molecule has 0 spiro atoms. The lowest BCUT2D eigenvalue weighted by Crippen LogP contribution is -2.46. The minimum absolute atomic E-state index is 0.248. The van der Waals surface area contributed by atoms with Crippen LogP contribution >= 0.6 is 0 Å². The zero-order valence-corrected chi connectivity index (χ0v) is 41.4. The van der Waals surface area contributed by atoms with E-state index < -0.39 is 0 Å². The number of fused-ring (bicyclic) bond motifs is 6. The lowest BCUT2D eigenvalue weighted by atomic mass is 9.94. The quantitative estimate of drug-likeness (QED) is 0.108. The van der Waals surface area contributed by atoms with Crippen LogP contribution in [0.1, 0.15) is 135 Å². The molecule has 9 nitrogen and oxygen atoms in total. The first-order valence-corrected chi connectivity index (χ1v) is 24.0. The molecular formula is C54H74N8O. The molecule has 0 fully saturated rings. The number of rotatable bonds is 14. The molecule has 2 aliphatic heterocycles. The van der Waals surface area contributed by atoms with E-state index in [9.17, 15) is 0 Å². The predicted octanol–water partition coefficient (Wildman–Crippen LogP) is 12.0. The van der Waals surface area contributed by atoms with Gasteiger partial charge in [0, 0.05) is 46.7 Å². The van der Waals surface area contributed by atoms with Gasteiger partial charge in [-0.05, 0) is 154 Å². The zero-order valence-electron chi connectivity index (χ0n) is 41.4. The van der Waals surface area contributed by atoms with E-state index in [1.165, 1.54) is 67.3 Å². The van der Waals surface area contributed by atoms with Crippen molar-refractivity contribution in [2.24, 2.45) is 11.8 Å². The Bertz CT molecular complexity index is 2470. The van der Waals surface area contributed by atoms with Crippen LogP contribution in [-0.2, 0) is 17.6 Å². The Morgan fingerprint density at radius 1 is 0.524 bits per heavy atom. The van der Waals surface area contributed by atoms with Gasteiger partial charge in [0.25, 0.3) is 0 Å². The summed E-state index contributed by atoms with van der Waals surface area (Å²) in [6, 6.07) is 10.4. The number of aryl methyl sites for hydroxylation is 10. The Kier molecular flexibility index (Phi) is 12.3. The van der Waals surface area contributed by atoms with Gasteiger partial charge in [-0.15, -0.1) is 0 Å². The average Bonchev–Trinajstić information content (AvgIpc) is 3.95. The molecule has 0 amide bonds. The molecule has 6 aromatic rings. The van der Waals surface area contributed by atoms with Crippen molar-refractivity contribution in [2.75, 3.05) is 23.0 Å². The predicted molar refractivity (Wildman–Crippen MR) is 262 cm³/mol. The van der Waals surface area contributed by atoms with Gasteiger partial charge in [-0.3, -0.25) is 0 Å². The minimum atomic E-state index is 0.248. The topological polar surface area (TPSA) is 76.1 Å². The second-order valence-electron chi connectivity index (χ2n) is 20.0. The van der Waals surface area contributed by atoms with Crippen molar-refractivity contribution < 1.29 is 4.74 Å². The number of hydrogen-bond acceptors (Lipinski definition) is 7. The molecule has 336 valence electrons. The molecule has 0 N–H and O–H groups in total. The van der Waals surface area contributed by atoms with Gasteiger partial charge >= 0.3 is 0 Å². The van der Waals surface area contributed by atoms with E-state index in [2.05, 4.69) is 154 Å². The van der Waals surface area contributed by atoms with Crippen molar-refractivity contribution in [2.45, 2.75) is 173 Å². The Hall–Kier alpha value is -4.76. The van der Waals surface area contributed by atoms with E-state index in [-0.39, 0.29) is 12.1 Å². The van der Waals surface area contributed by atoms with Gasteiger partial charge in [-0.1, -0.05) is 75.9 Å². The number of anilines is 2. The second kappa shape index (κ2) is 17.3. The lowest BCUT2D eigenvalue weighted by Gasteiger charge is -2.38. The number of benzene rings is 2. The van der Waals surface area contributed by atoms with Gasteiger partial charge in [-0.2, -0.15) is 19.2 Å². The van der Waals surface area contributed by atoms with Gasteiger partial charge in [0.2, 0.25) is 0 Å². The molecule has 2 aliphatic rings. The first-order valence-electron chi connectivity index (χ1n) is 24.0. The molecule has 0 radical (unpaired) electrons. The molecule has 6 atom stereocenters. The Labute approximate surface area is 377 Å². The first-order chi connectivity index (χ1) is 30.0. The molecule has 0 saturated heterocycles. The van der Waals surface area contributed by atoms with Crippen LogP contribution in [0.25, 0.3) is 33.5 Å². The van der Waals surface area contributed by atoms with E-state index in [1.807, 2.05) is 0 Å². The lowest BCUT2D eigenvalue weighted by molar-refractivity contribution is 0.0665. The molecular weight excluding hydrogens is 777 g/mol. The van der Waals surface area contributed by atoms with Gasteiger partial charge in [-0.25, -0.2) is 9.97 Å². The number of nitrogens with zero attached hydrogens (tertiary/aromatic N) is 8. The van der Waals surface area contributed by atoms with Crippen LogP contribution in [0.5, 0.6) is 0 Å². The highest BCUT2D eigenvalue weighted by Crippen LogP contribution is 2.44. The molecule has 9 heteroatoms. The van der Waals surface area contributed by atoms with E-state index in [1.54, 1.807) is 0 Å². The van der Waals surface area contributed by atoms with Gasteiger partial charge in [0.1, 0.15) is 11.6 Å². The van der Waals surface area contributed by atoms with E-state index in [0.717, 1.165) is 83.7 Å². The molecule has 63 heavy (non-hydrogen) atoms. The van der Waals surface area contributed by atoms with Gasteiger partial charge in [0.05, 0.1) is 35.7 Å². The highest BCUT2D eigenvalue weighted by Gasteiger charge is 2.41. The average molecular weight is 851 g/mol. The van der Waals surface area contributed by atoms with E-state index >= 15 is 0 Å². The van der Waals surface area contributed by atoms with E-state index in [0.29, 0.717) is 37.1 Å². The van der Waals surface area contributed by atoms with Crippen LogP contribution in [0.3, 0.4) is 0 Å². The normalized spacial score (nSPS) is 18.2. The van der Waals surface area contributed by atoms with Crippen LogP contribution in [0.2, 0.25) is 0 Å². The monoisotopic (exact) mass is 851 g/mol. The number of hydrogen-bond donors (Lipinski definition) is 0. The molecule has 2 aromatic carbocycles. The highest BCUT2D eigenvalue weighted by atomic mass is 16.5. The molecule has 6 heterocycles. The van der Waals surface area contributed by atoms with Crippen LogP contribution in [0.15, 0.2) is 24.3 Å². The minimum Gasteiger partial charge on any atom is -0.381 e. The molecule has 0 bridgehead atoms. The smallest absolute Gasteiger partial charge is 0.165 e. The van der Waals surface area contributed by atoms with Crippen LogP contribution in [-0.4, -0.2) is 66.6 Å². The molecule has 8 rings (SSSR count). The van der Waals surface area contributed by atoms with Crippen molar-refractivity contribution in [3.05, 3.63) is 91.5 Å². The Balaban J connectivity index is 1.05. The largest absolute Gasteiger partial charge is 0.381 e. The maximum absolute atomic E-state index is 6.82. The summed E-state index contributed by atoms with van der Waals surface area (Å²) in [6.07, 6.45) is 6.53. The number of aromatic nitrogens is 6. The van der Waals surface area contributed by atoms with Gasteiger partial charge < -0.3 is 14.5 Å². The third-order valence-electron chi connectivity index (χ3n) is 15.0. The summed E-state index contributed by atoms with van der Waals surface area (Å²) in [7, 11) is 0. The first kappa shape index (κ1) is 44.8. The summed E-state index contributed by atoms with van der Waals surface area (Å²) in [5.74, 6) is 3.05. The summed E-state index contributed by atoms with van der Waals surface area (Å²) in [5, 5.41) is 10.6. The fourth-order valence-electron chi connectivity index (χ4n) is 11.8. The molecule has 4 aromatic heterocycles. The Morgan fingerprint density at radius 3 is 1.21 bits per heavy atom.